The number of hydrogen-bond donors (Lipinski definition) is 0. The molecule has 222 valence electrons. The monoisotopic (exact) mass is 583 g/mol. The lowest BCUT2D eigenvalue weighted by molar-refractivity contribution is -0.197. The summed E-state index contributed by atoms with van der Waals surface area (Å²) in [7, 11) is -2.93. The SMILES string of the molecule is COC(=O)[C@]1(C)CCC[C@]2(C)C3CC4C(C(C)C)=CC3(CCC21)[C@@H]1C(=O)N(OS(=O)(=O)c2ccc(C)cc2)C(=O)[C@H]41. The maximum absolute atomic E-state index is 14.2. The van der Waals surface area contributed by atoms with Crippen molar-refractivity contribution in [3.8, 4) is 0 Å². The number of nitrogens with zero attached hydrogens (tertiary/aromatic N) is 1. The molecule has 8 nitrogen and oxygen atoms in total. The third-order valence-electron chi connectivity index (χ3n) is 11.8. The fourth-order valence-corrected chi connectivity index (χ4v) is 11.0. The van der Waals surface area contributed by atoms with E-state index in [0.29, 0.717) is 11.5 Å². The van der Waals surface area contributed by atoms with E-state index in [0.717, 1.165) is 37.7 Å². The Kier molecular flexibility index (Phi) is 6.44. The second-order valence-electron chi connectivity index (χ2n) is 14.0. The summed E-state index contributed by atoms with van der Waals surface area (Å²) >= 11 is 0. The van der Waals surface area contributed by atoms with E-state index in [-0.39, 0.29) is 40.0 Å². The number of carbonyl (C=O) groups is 3. The fourth-order valence-electron chi connectivity index (χ4n) is 10.1. The van der Waals surface area contributed by atoms with Crippen LogP contribution in [-0.2, 0) is 33.5 Å². The van der Waals surface area contributed by atoms with Crippen LogP contribution in [0, 0.1) is 58.7 Å². The maximum Gasteiger partial charge on any atom is 0.318 e. The molecule has 2 bridgehead atoms. The van der Waals surface area contributed by atoms with E-state index in [1.54, 1.807) is 12.1 Å². The predicted octanol–water partition coefficient (Wildman–Crippen LogP) is 5.21. The van der Waals surface area contributed by atoms with Crippen LogP contribution >= 0.6 is 0 Å². The summed E-state index contributed by atoms with van der Waals surface area (Å²) in [4.78, 5) is 41.2. The van der Waals surface area contributed by atoms with Gasteiger partial charge in [-0.15, -0.1) is 9.35 Å². The summed E-state index contributed by atoms with van der Waals surface area (Å²) < 4.78 is 37.1. The summed E-state index contributed by atoms with van der Waals surface area (Å²) in [6, 6.07) is 6.14. The lowest BCUT2D eigenvalue weighted by atomic mass is 9.34. The van der Waals surface area contributed by atoms with Gasteiger partial charge < -0.3 is 4.74 Å². The second-order valence-corrected chi connectivity index (χ2v) is 15.5. The number of carbonyl (C=O) groups excluding carboxylic acids is 3. The molecule has 4 fully saturated rings. The molecule has 2 amide bonds. The van der Waals surface area contributed by atoms with Crippen LogP contribution < -0.4 is 0 Å². The molecule has 1 heterocycles. The number of esters is 1. The van der Waals surface area contributed by atoms with Gasteiger partial charge in [-0.3, -0.25) is 14.4 Å². The van der Waals surface area contributed by atoms with Crippen LogP contribution in [0.3, 0.4) is 0 Å². The highest BCUT2D eigenvalue weighted by Crippen LogP contribution is 2.74. The van der Waals surface area contributed by atoms with Crippen molar-refractivity contribution in [2.45, 2.75) is 78.0 Å². The van der Waals surface area contributed by atoms with Crippen LogP contribution in [0.5, 0.6) is 0 Å². The Morgan fingerprint density at radius 1 is 1.02 bits per heavy atom. The highest BCUT2D eigenvalue weighted by Gasteiger charge is 2.74. The van der Waals surface area contributed by atoms with Crippen LogP contribution in [0.4, 0.5) is 0 Å². The molecular formula is C32H41NO7S. The van der Waals surface area contributed by atoms with Crippen LogP contribution in [0.2, 0.25) is 0 Å². The number of ether oxygens (including phenoxy) is 1. The standard InChI is InChI=1S/C32H41NO7S/c1-18(2)22-17-32-15-12-23-30(4,13-7-14-31(23,5)29(36)39-6)24(32)16-21(22)25-26(32)28(35)33(27(25)34)40-41(37,38)20-10-8-19(3)9-11-20/h8-11,17-18,21,23-26H,7,12-16H2,1-6H3/t21?,23?,24?,25-,26+,30+,31-,32?/m1/s1. The predicted molar refractivity (Wildman–Crippen MR) is 150 cm³/mol. The van der Waals surface area contributed by atoms with Crippen molar-refractivity contribution in [1.29, 1.82) is 0 Å². The zero-order chi connectivity index (χ0) is 29.7. The van der Waals surface area contributed by atoms with Crippen molar-refractivity contribution in [3.63, 3.8) is 0 Å². The minimum atomic E-state index is -4.39. The first-order valence-electron chi connectivity index (χ1n) is 14.9. The molecule has 0 aromatic heterocycles. The normalized spacial score (nSPS) is 39.7. The van der Waals surface area contributed by atoms with Crippen molar-refractivity contribution in [2.75, 3.05) is 7.11 Å². The van der Waals surface area contributed by atoms with Crippen molar-refractivity contribution < 1.29 is 31.8 Å². The molecule has 1 spiro atoms. The summed E-state index contributed by atoms with van der Waals surface area (Å²) in [6.45, 7) is 10.4. The maximum atomic E-state index is 14.2. The van der Waals surface area contributed by atoms with Gasteiger partial charge in [-0.1, -0.05) is 56.5 Å². The number of amides is 2. The Balaban J connectivity index is 1.41. The van der Waals surface area contributed by atoms with Gasteiger partial charge in [0.2, 0.25) is 0 Å². The minimum Gasteiger partial charge on any atom is -0.469 e. The number of methoxy groups -OCH3 is 1. The lowest BCUT2D eigenvalue weighted by Crippen LogP contribution is -2.65. The van der Waals surface area contributed by atoms with E-state index in [1.165, 1.54) is 24.8 Å². The van der Waals surface area contributed by atoms with Gasteiger partial charge in [-0.2, -0.15) is 8.42 Å². The summed E-state index contributed by atoms with van der Waals surface area (Å²) in [6.07, 6.45) is 7.04. The molecule has 9 heteroatoms. The number of aryl methyl sites for hydroxylation is 1. The molecule has 8 atom stereocenters. The number of fused-ring (bicyclic) bond motifs is 1. The molecule has 41 heavy (non-hydrogen) atoms. The molecule has 1 aromatic rings. The molecule has 1 aliphatic heterocycles. The molecule has 0 N–H and O–H groups in total. The van der Waals surface area contributed by atoms with Crippen LogP contribution in [0.15, 0.2) is 40.8 Å². The first kappa shape index (κ1) is 28.6. The van der Waals surface area contributed by atoms with Gasteiger partial charge in [0.1, 0.15) is 0 Å². The van der Waals surface area contributed by atoms with Crippen LogP contribution in [0.1, 0.15) is 71.8 Å². The molecule has 3 saturated carbocycles. The fraction of sp³-hybridized carbons (Fsp3) is 0.656. The quantitative estimate of drug-likeness (QED) is 0.266. The van der Waals surface area contributed by atoms with Gasteiger partial charge in [0.05, 0.1) is 29.3 Å². The summed E-state index contributed by atoms with van der Waals surface area (Å²) in [5.74, 6) is -2.43. The molecule has 4 unspecified atom stereocenters. The highest BCUT2D eigenvalue weighted by atomic mass is 32.2. The van der Waals surface area contributed by atoms with Crippen LogP contribution in [0.25, 0.3) is 0 Å². The summed E-state index contributed by atoms with van der Waals surface area (Å²) in [5, 5.41) is 0.562. The molecule has 6 aliphatic rings. The van der Waals surface area contributed by atoms with E-state index in [9.17, 15) is 22.8 Å². The zero-order valence-corrected chi connectivity index (χ0v) is 25.6. The van der Waals surface area contributed by atoms with E-state index in [4.69, 9.17) is 9.02 Å². The average molecular weight is 584 g/mol. The van der Waals surface area contributed by atoms with Crippen LogP contribution in [-0.4, -0.2) is 38.4 Å². The Labute approximate surface area is 242 Å². The number of imide groups is 1. The van der Waals surface area contributed by atoms with Gasteiger partial charge in [-0.25, -0.2) is 0 Å². The molecule has 1 saturated heterocycles. The Morgan fingerprint density at radius 3 is 2.34 bits per heavy atom. The Hall–Kier alpha value is -2.52. The van der Waals surface area contributed by atoms with Crippen molar-refractivity contribution in [1.82, 2.24) is 5.06 Å². The third-order valence-corrected chi connectivity index (χ3v) is 13.0. The van der Waals surface area contributed by atoms with Gasteiger partial charge in [0.25, 0.3) is 11.8 Å². The third kappa shape index (κ3) is 3.80. The number of rotatable bonds is 5. The topological polar surface area (TPSA) is 107 Å². The van der Waals surface area contributed by atoms with E-state index < -0.39 is 44.6 Å². The second kappa shape index (κ2) is 9.24. The molecular weight excluding hydrogens is 542 g/mol. The number of benzene rings is 1. The van der Waals surface area contributed by atoms with Crippen molar-refractivity contribution >= 4 is 27.9 Å². The van der Waals surface area contributed by atoms with Gasteiger partial charge in [-0.05, 0) is 87.2 Å². The Bertz CT molecular complexity index is 1450. The molecule has 1 aromatic carbocycles. The number of allylic oxidation sites excluding steroid dienone is 2. The molecule has 0 radical (unpaired) electrons. The van der Waals surface area contributed by atoms with Gasteiger partial charge >= 0.3 is 16.1 Å². The highest BCUT2D eigenvalue weighted by molar-refractivity contribution is 7.86. The first-order chi connectivity index (χ1) is 19.2. The lowest BCUT2D eigenvalue weighted by Gasteiger charge is -2.68. The molecule has 5 aliphatic carbocycles. The summed E-state index contributed by atoms with van der Waals surface area (Å²) in [5.41, 5.74) is 0.633. The molecule has 7 rings (SSSR count). The smallest absolute Gasteiger partial charge is 0.318 e. The largest absolute Gasteiger partial charge is 0.469 e. The van der Waals surface area contributed by atoms with Gasteiger partial charge in [0.15, 0.2) is 0 Å². The van der Waals surface area contributed by atoms with Gasteiger partial charge in [0, 0.05) is 5.41 Å². The Morgan fingerprint density at radius 2 is 1.71 bits per heavy atom. The van der Waals surface area contributed by atoms with Crippen molar-refractivity contribution in [2.24, 2.45) is 51.8 Å². The zero-order valence-electron chi connectivity index (χ0n) is 24.8. The van der Waals surface area contributed by atoms with Crippen molar-refractivity contribution in [3.05, 3.63) is 41.5 Å². The number of hydroxylamine groups is 2. The average Bonchev–Trinajstić information content (AvgIpc) is 3.18. The minimum absolute atomic E-state index is 0.0807. The number of hydrogen-bond acceptors (Lipinski definition) is 7. The first-order valence-corrected chi connectivity index (χ1v) is 16.3. The van der Waals surface area contributed by atoms with E-state index in [1.807, 2.05) is 13.8 Å². The van der Waals surface area contributed by atoms with E-state index in [2.05, 4.69) is 26.8 Å². The van der Waals surface area contributed by atoms with E-state index >= 15 is 0 Å².